The lowest BCUT2D eigenvalue weighted by molar-refractivity contribution is -0.123. The predicted molar refractivity (Wildman–Crippen MR) is 66.4 cm³/mol. The third-order valence-corrected chi connectivity index (χ3v) is 2.04. The molecular formula is C13H12N2O3. The Morgan fingerprint density at radius 3 is 2.83 bits per heavy atom. The Morgan fingerprint density at radius 1 is 1.28 bits per heavy atom. The summed E-state index contributed by atoms with van der Waals surface area (Å²) in [4.78, 5) is 11.4. The van der Waals surface area contributed by atoms with Crippen molar-refractivity contribution in [3.05, 3.63) is 54.5 Å². The average molecular weight is 244 g/mol. The molecule has 0 radical (unpaired) electrons. The predicted octanol–water partition coefficient (Wildman–Crippen LogP) is 1.81. The molecule has 0 aliphatic carbocycles. The first-order valence-corrected chi connectivity index (χ1v) is 5.38. The molecule has 2 rings (SSSR count). The highest BCUT2D eigenvalue weighted by molar-refractivity contribution is 5.81. The smallest absolute Gasteiger partial charge is 0.277 e. The summed E-state index contributed by atoms with van der Waals surface area (Å²) in [5.74, 6) is 0.878. The number of carbonyl (C=O) groups excluding carboxylic acids is 1. The lowest BCUT2D eigenvalue weighted by Crippen LogP contribution is -2.24. The molecule has 0 fully saturated rings. The first-order valence-electron chi connectivity index (χ1n) is 5.38. The average Bonchev–Trinajstić information content (AvgIpc) is 2.91. The third-order valence-electron chi connectivity index (χ3n) is 2.04. The van der Waals surface area contributed by atoms with Gasteiger partial charge in [0.05, 0.1) is 12.5 Å². The van der Waals surface area contributed by atoms with Gasteiger partial charge < -0.3 is 9.15 Å². The van der Waals surface area contributed by atoms with Crippen LogP contribution in [0, 0.1) is 0 Å². The Morgan fingerprint density at radius 2 is 2.11 bits per heavy atom. The van der Waals surface area contributed by atoms with E-state index in [4.69, 9.17) is 9.15 Å². The molecule has 1 aromatic carbocycles. The van der Waals surface area contributed by atoms with Crippen LogP contribution in [0.15, 0.2) is 58.2 Å². The zero-order valence-corrected chi connectivity index (χ0v) is 9.58. The summed E-state index contributed by atoms with van der Waals surface area (Å²) < 4.78 is 10.3. The summed E-state index contributed by atoms with van der Waals surface area (Å²) >= 11 is 0. The molecule has 0 aliphatic rings. The molecule has 92 valence electrons. The first kappa shape index (κ1) is 11.9. The normalized spacial score (nSPS) is 10.4. The minimum absolute atomic E-state index is 0.0838. The highest BCUT2D eigenvalue weighted by Crippen LogP contribution is 2.07. The van der Waals surface area contributed by atoms with Crippen molar-refractivity contribution in [1.82, 2.24) is 5.43 Å². The maximum absolute atomic E-state index is 11.4. The van der Waals surface area contributed by atoms with E-state index in [-0.39, 0.29) is 12.5 Å². The van der Waals surface area contributed by atoms with Gasteiger partial charge in [-0.05, 0) is 24.3 Å². The number of rotatable bonds is 5. The number of furan rings is 1. The largest absolute Gasteiger partial charge is 0.484 e. The van der Waals surface area contributed by atoms with Crippen molar-refractivity contribution in [3.8, 4) is 5.75 Å². The molecule has 0 spiro atoms. The van der Waals surface area contributed by atoms with Crippen LogP contribution in [0.1, 0.15) is 5.76 Å². The molecule has 2 aromatic rings. The van der Waals surface area contributed by atoms with Crippen molar-refractivity contribution in [2.45, 2.75) is 0 Å². The molecular weight excluding hydrogens is 232 g/mol. The van der Waals surface area contributed by atoms with Gasteiger partial charge >= 0.3 is 0 Å². The molecule has 0 atom stereocenters. The zero-order chi connectivity index (χ0) is 12.6. The van der Waals surface area contributed by atoms with Crippen molar-refractivity contribution in [1.29, 1.82) is 0 Å². The molecule has 1 heterocycles. The lowest BCUT2D eigenvalue weighted by atomic mass is 10.3. The second-order valence-corrected chi connectivity index (χ2v) is 3.41. The Kier molecular flexibility index (Phi) is 4.13. The van der Waals surface area contributed by atoms with Gasteiger partial charge in [-0.1, -0.05) is 18.2 Å². The summed E-state index contributed by atoms with van der Waals surface area (Å²) in [6.45, 7) is -0.0838. The van der Waals surface area contributed by atoms with Gasteiger partial charge in [0.15, 0.2) is 6.61 Å². The van der Waals surface area contributed by atoms with Gasteiger partial charge in [0, 0.05) is 0 Å². The van der Waals surface area contributed by atoms with Crippen molar-refractivity contribution >= 4 is 12.1 Å². The number of amides is 1. The second-order valence-electron chi connectivity index (χ2n) is 3.41. The fourth-order valence-corrected chi connectivity index (χ4v) is 1.23. The maximum atomic E-state index is 11.4. The van der Waals surface area contributed by atoms with E-state index in [9.17, 15) is 4.79 Å². The first-order chi connectivity index (χ1) is 8.84. The van der Waals surface area contributed by atoms with Crippen LogP contribution in [0.2, 0.25) is 0 Å². The van der Waals surface area contributed by atoms with E-state index in [2.05, 4.69) is 10.5 Å². The van der Waals surface area contributed by atoms with E-state index in [1.807, 2.05) is 18.2 Å². The zero-order valence-electron chi connectivity index (χ0n) is 9.58. The highest BCUT2D eigenvalue weighted by Gasteiger charge is 2.00. The topological polar surface area (TPSA) is 63.8 Å². The number of hydrazone groups is 1. The van der Waals surface area contributed by atoms with Gasteiger partial charge in [-0.3, -0.25) is 4.79 Å². The number of nitrogens with one attached hydrogen (secondary N) is 1. The standard InChI is InChI=1S/C13H12N2O3/c16-13(10-18-11-5-2-1-3-6-11)15-14-9-12-7-4-8-17-12/h1-9H,10H2,(H,15,16)/b14-9+. The van der Waals surface area contributed by atoms with Crippen LogP contribution in [0.3, 0.4) is 0 Å². The van der Waals surface area contributed by atoms with Crippen LogP contribution in [-0.4, -0.2) is 18.7 Å². The Bertz CT molecular complexity index is 506. The molecule has 1 amide bonds. The minimum Gasteiger partial charge on any atom is -0.484 e. The molecule has 0 saturated carbocycles. The van der Waals surface area contributed by atoms with E-state index in [1.54, 1.807) is 24.3 Å². The maximum Gasteiger partial charge on any atom is 0.277 e. The summed E-state index contributed by atoms with van der Waals surface area (Å²) in [6.07, 6.45) is 2.95. The fourth-order valence-electron chi connectivity index (χ4n) is 1.23. The highest BCUT2D eigenvalue weighted by atomic mass is 16.5. The van der Waals surface area contributed by atoms with Gasteiger partial charge in [-0.15, -0.1) is 0 Å². The van der Waals surface area contributed by atoms with Crippen LogP contribution >= 0.6 is 0 Å². The van der Waals surface area contributed by atoms with Crippen LogP contribution in [-0.2, 0) is 4.79 Å². The van der Waals surface area contributed by atoms with Crippen LogP contribution in [0.5, 0.6) is 5.75 Å². The van der Waals surface area contributed by atoms with E-state index < -0.39 is 0 Å². The second kappa shape index (κ2) is 6.24. The summed E-state index contributed by atoms with van der Waals surface area (Å²) in [5, 5.41) is 3.73. The van der Waals surface area contributed by atoms with Gasteiger partial charge in [0.2, 0.25) is 0 Å². The summed E-state index contributed by atoms with van der Waals surface area (Å²) in [5.41, 5.74) is 2.34. The molecule has 18 heavy (non-hydrogen) atoms. The molecule has 0 bridgehead atoms. The van der Waals surface area contributed by atoms with Gasteiger partial charge in [0.25, 0.3) is 5.91 Å². The number of hydrogen-bond acceptors (Lipinski definition) is 4. The number of para-hydroxylation sites is 1. The molecule has 0 unspecified atom stereocenters. The van der Waals surface area contributed by atoms with Crippen molar-refractivity contribution in [3.63, 3.8) is 0 Å². The van der Waals surface area contributed by atoms with Crippen LogP contribution in [0.4, 0.5) is 0 Å². The summed E-state index contributed by atoms with van der Waals surface area (Å²) in [7, 11) is 0. The Labute approximate surface area is 104 Å². The van der Waals surface area contributed by atoms with E-state index in [0.29, 0.717) is 11.5 Å². The van der Waals surface area contributed by atoms with Crippen molar-refractivity contribution in [2.24, 2.45) is 5.10 Å². The molecule has 5 nitrogen and oxygen atoms in total. The van der Waals surface area contributed by atoms with Crippen LogP contribution < -0.4 is 10.2 Å². The Hall–Kier alpha value is -2.56. The summed E-state index contributed by atoms with van der Waals surface area (Å²) in [6, 6.07) is 12.6. The lowest BCUT2D eigenvalue weighted by Gasteiger charge is -2.03. The molecule has 1 aromatic heterocycles. The van der Waals surface area contributed by atoms with Crippen LogP contribution in [0.25, 0.3) is 0 Å². The number of benzene rings is 1. The Balaban J connectivity index is 1.73. The van der Waals surface area contributed by atoms with Gasteiger partial charge in [0.1, 0.15) is 11.5 Å². The van der Waals surface area contributed by atoms with Gasteiger partial charge in [-0.25, -0.2) is 5.43 Å². The van der Waals surface area contributed by atoms with E-state index in [0.717, 1.165) is 0 Å². The molecule has 0 aliphatic heterocycles. The molecule has 5 heteroatoms. The quantitative estimate of drug-likeness (QED) is 0.644. The number of ether oxygens (including phenoxy) is 1. The molecule has 1 N–H and O–H groups in total. The van der Waals surface area contributed by atoms with Crippen molar-refractivity contribution < 1.29 is 13.9 Å². The number of nitrogens with zero attached hydrogens (tertiary/aromatic N) is 1. The number of carbonyl (C=O) groups is 1. The van der Waals surface area contributed by atoms with Gasteiger partial charge in [-0.2, -0.15) is 5.10 Å². The third kappa shape index (κ3) is 3.79. The van der Waals surface area contributed by atoms with E-state index >= 15 is 0 Å². The van der Waals surface area contributed by atoms with E-state index in [1.165, 1.54) is 12.5 Å². The number of hydrogen-bond donors (Lipinski definition) is 1. The monoisotopic (exact) mass is 244 g/mol. The SMILES string of the molecule is O=C(COc1ccccc1)N/N=C/c1ccco1. The minimum atomic E-state index is -0.332. The molecule has 0 saturated heterocycles. The van der Waals surface area contributed by atoms with Crippen molar-refractivity contribution in [2.75, 3.05) is 6.61 Å². The fraction of sp³-hybridized carbons (Fsp3) is 0.0769.